The Morgan fingerprint density at radius 1 is 1.18 bits per heavy atom. The highest BCUT2D eigenvalue weighted by Crippen LogP contribution is 2.19. The number of carboxylic acids is 1. The number of hydrogen-bond donors (Lipinski definition) is 1. The van der Waals surface area contributed by atoms with Crippen LogP contribution < -0.4 is 0 Å². The van der Waals surface area contributed by atoms with Crippen molar-refractivity contribution in [2.24, 2.45) is 5.41 Å². The maximum atomic E-state index is 12.0. The van der Waals surface area contributed by atoms with Crippen LogP contribution in [0.4, 0.5) is 0 Å². The van der Waals surface area contributed by atoms with Crippen LogP contribution in [0, 0.1) is 5.41 Å². The molecule has 1 amide bonds. The van der Waals surface area contributed by atoms with E-state index in [4.69, 9.17) is 5.11 Å². The van der Waals surface area contributed by atoms with Gasteiger partial charge in [0.25, 0.3) is 0 Å². The van der Waals surface area contributed by atoms with E-state index in [2.05, 4.69) is 0 Å². The van der Waals surface area contributed by atoms with Crippen LogP contribution in [0.5, 0.6) is 0 Å². The molecular formula is C12H24N2O3. The number of carbonyl (C=O) groups excluding carboxylic acids is 1. The van der Waals surface area contributed by atoms with Crippen molar-refractivity contribution in [3.05, 3.63) is 0 Å². The number of rotatable bonds is 7. The van der Waals surface area contributed by atoms with E-state index in [9.17, 15) is 9.59 Å². The quantitative estimate of drug-likeness (QED) is 0.676. The standard InChI is InChI=1S/C12H24N2O3/c1-6-14(9-7-8-13(4)5)10(15)12(2,3)11(16)17/h6-9H2,1-5H3,(H,16,17). The lowest BCUT2D eigenvalue weighted by molar-refractivity contribution is -0.158. The summed E-state index contributed by atoms with van der Waals surface area (Å²) in [6, 6.07) is 0. The maximum absolute atomic E-state index is 12.0. The van der Waals surface area contributed by atoms with Gasteiger partial charge in [-0.2, -0.15) is 0 Å². The summed E-state index contributed by atoms with van der Waals surface area (Å²) in [6.07, 6.45) is 0.849. The molecule has 0 heterocycles. The Balaban J connectivity index is 4.46. The fraction of sp³-hybridized carbons (Fsp3) is 0.833. The summed E-state index contributed by atoms with van der Waals surface area (Å²) in [5.41, 5.74) is -1.34. The summed E-state index contributed by atoms with van der Waals surface area (Å²) < 4.78 is 0. The van der Waals surface area contributed by atoms with Crippen LogP contribution in [0.15, 0.2) is 0 Å². The third-order valence-corrected chi connectivity index (χ3v) is 2.77. The highest BCUT2D eigenvalue weighted by molar-refractivity contribution is 6.00. The highest BCUT2D eigenvalue weighted by Gasteiger charge is 2.38. The molecule has 0 aliphatic rings. The van der Waals surface area contributed by atoms with Crippen molar-refractivity contribution in [3.63, 3.8) is 0 Å². The van der Waals surface area contributed by atoms with Gasteiger partial charge in [0.2, 0.25) is 5.91 Å². The normalized spacial score (nSPS) is 11.6. The molecule has 0 aliphatic heterocycles. The third-order valence-electron chi connectivity index (χ3n) is 2.77. The number of carboxylic acid groups (broad SMARTS) is 1. The fourth-order valence-corrected chi connectivity index (χ4v) is 1.47. The molecule has 0 aromatic heterocycles. The maximum Gasteiger partial charge on any atom is 0.318 e. The van der Waals surface area contributed by atoms with Crippen molar-refractivity contribution >= 4 is 11.9 Å². The number of aliphatic carboxylic acids is 1. The monoisotopic (exact) mass is 244 g/mol. The smallest absolute Gasteiger partial charge is 0.318 e. The molecule has 100 valence electrons. The van der Waals surface area contributed by atoms with Gasteiger partial charge < -0.3 is 14.9 Å². The van der Waals surface area contributed by atoms with Gasteiger partial charge in [-0.05, 0) is 47.8 Å². The second-order valence-corrected chi connectivity index (χ2v) is 4.97. The number of nitrogens with zero attached hydrogens (tertiary/aromatic N) is 2. The van der Waals surface area contributed by atoms with Gasteiger partial charge >= 0.3 is 5.97 Å². The van der Waals surface area contributed by atoms with Gasteiger partial charge in [-0.1, -0.05) is 0 Å². The van der Waals surface area contributed by atoms with E-state index in [0.29, 0.717) is 13.1 Å². The van der Waals surface area contributed by atoms with Crippen LogP contribution in [0.1, 0.15) is 27.2 Å². The van der Waals surface area contributed by atoms with Gasteiger partial charge in [0.15, 0.2) is 0 Å². The van der Waals surface area contributed by atoms with Crippen molar-refractivity contribution in [2.45, 2.75) is 27.2 Å². The molecule has 0 radical (unpaired) electrons. The zero-order chi connectivity index (χ0) is 13.6. The van der Waals surface area contributed by atoms with Gasteiger partial charge in [0.05, 0.1) is 0 Å². The Morgan fingerprint density at radius 2 is 1.71 bits per heavy atom. The van der Waals surface area contributed by atoms with E-state index in [0.717, 1.165) is 13.0 Å². The lowest BCUT2D eigenvalue weighted by Gasteiger charge is -2.28. The van der Waals surface area contributed by atoms with E-state index < -0.39 is 11.4 Å². The van der Waals surface area contributed by atoms with E-state index in [1.54, 1.807) is 4.90 Å². The minimum absolute atomic E-state index is 0.314. The molecule has 5 nitrogen and oxygen atoms in total. The topological polar surface area (TPSA) is 60.9 Å². The van der Waals surface area contributed by atoms with Gasteiger partial charge in [-0.15, -0.1) is 0 Å². The minimum atomic E-state index is -1.34. The average Bonchev–Trinajstić information content (AvgIpc) is 2.22. The molecule has 0 fully saturated rings. The van der Waals surface area contributed by atoms with Crippen molar-refractivity contribution in [2.75, 3.05) is 33.7 Å². The zero-order valence-electron chi connectivity index (χ0n) is 11.5. The molecule has 1 N–H and O–H groups in total. The highest BCUT2D eigenvalue weighted by atomic mass is 16.4. The SMILES string of the molecule is CCN(CCCN(C)C)C(=O)C(C)(C)C(=O)O. The summed E-state index contributed by atoms with van der Waals surface area (Å²) in [4.78, 5) is 26.7. The first-order valence-corrected chi connectivity index (χ1v) is 5.91. The molecule has 0 spiro atoms. The van der Waals surface area contributed by atoms with Crippen LogP contribution in [0.3, 0.4) is 0 Å². The second-order valence-electron chi connectivity index (χ2n) is 4.97. The Hall–Kier alpha value is -1.10. The van der Waals surface area contributed by atoms with Crippen LogP contribution in [0.25, 0.3) is 0 Å². The Kier molecular flexibility index (Phi) is 6.16. The van der Waals surface area contributed by atoms with E-state index >= 15 is 0 Å². The van der Waals surface area contributed by atoms with Crippen LogP contribution >= 0.6 is 0 Å². The summed E-state index contributed by atoms with van der Waals surface area (Å²) in [6.45, 7) is 6.80. The molecule has 0 aromatic carbocycles. The van der Waals surface area contributed by atoms with E-state index in [1.165, 1.54) is 13.8 Å². The first-order chi connectivity index (χ1) is 7.73. The summed E-state index contributed by atoms with van der Waals surface area (Å²) >= 11 is 0. The molecule has 0 saturated heterocycles. The summed E-state index contributed by atoms with van der Waals surface area (Å²) in [5.74, 6) is -1.39. The predicted molar refractivity (Wildman–Crippen MR) is 66.8 cm³/mol. The molecule has 0 rings (SSSR count). The molecular weight excluding hydrogens is 220 g/mol. The third kappa shape index (κ3) is 4.73. The predicted octanol–water partition coefficient (Wildman–Crippen LogP) is 0.897. The molecule has 0 unspecified atom stereocenters. The summed E-state index contributed by atoms with van der Waals surface area (Å²) in [7, 11) is 3.94. The lowest BCUT2D eigenvalue weighted by Crippen LogP contribution is -2.45. The number of amides is 1. The Bertz CT molecular complexity index is 275. The first kappa shape index (κ1) is 15.9. The zero-order valence-corrected chi connectivity index (χ0v) is 11.5. The Morgan fingerprint density at radius 3 is 2.06 bits per heavy atom. The molecule has 17 heavy (non-hydrogen) atoms. The average molecular weight is 244 g/mol. The molecule has 0 aliphatic carbocycles. The molecule has 0 bridgehead atoms. The van der Waals surface area contributed by atoms with Crippen molar-refractivity contribution in [1.29, 1.82) is 0 Å². The Labute approximate surface area is 103 Å². The van der Waals surface area contributed by atoms with Crippen LogP contribution in [-0.4, -0.2) is 60.5 Å². The fourth-order valence-electron chi connectivity index (χ4n) is 1.47. The van der Waals surface area contributed by atoms with E-state index in [-0.39, 0.29) is 5.91 Å². The van der Waals surface area contributed by atoms with Crippen molar-refractivity contribution in [3.8, 4) is 0 Å². The molecule has 0 atom stereocenters. The minimum Gasteiger partial charge on any atom is -0.480 e. The van der Waals surface area contributed by atoms with Gasteiger partial charge in [0.1, 0.15) is 5.41 Å². The first-order valence-electron chi connectivity index (χ1n) is 5.91. The van der Waals surface area contributed by atoms with Crippen molar-refractivity contribution < 1.29 is 14.7 Å². The van der Waals surface area contributed by atoms with Crippen LogP contribution in [0.2, 0.25) is 0 Å². The van der Waals surface area contributed by atoms with Crippen molar-refractivity contribution in [1.82, 2.24) is 9.80 Å². The largest absolute Gasteiger partial charge is 0.480 e. The summed E-state index contributed by atoms with van der Waals surface area (Å²) in [5, 5.41) is 9.01. The molecule has 0 saturated carbocycles. The van der Waals surface area contributed by atoms with Crippen LogP contribution in [-0.2, 0) is 9.59 Å². The van der Waals surface area contributed by atoms with Gasteiger partial charge in [-0.25, -0.2) is 0 Å². The van der Waals surface area contributed by atoms with Gasteiger partial charge in [0, 0.05) is 13.1 Å². The molecule has 0 aromatic rings. The molecule has 5 heteroatoms. The van der Waals surface area contributed by atoms with Gasteiger partial charge in [-0.3, -0.25) is 9.59 Å². The number of hydrogen-bond acceptors (Lipinski definition) is 3. The number of carbonyl (C=O) groups is 2. The lowest BCUT2D eigenvalue weighted by atomic mass is 9.91. The second kappa shape index (κ2) is 6.59. The van der Waals surface area contributed by atoms with E-state index in [1.807, 2.05) is 25.9 Å².